The lowest BCUT2D eigenvalue weighted by Crippen LogP contribution is -2.21. The van der Waals surface area contributed by atoms with E-state index in [1.165, 1.54) is 12.7 Å². The summed E-state index contributed by atoms with van der Waals surface area (Å²) in [4.78, 5) is 11.3. The summed E-state index contributed by atoms with van der Waals surface area (Å²) in [7, 11) is 1.35. The normalized spacial score (nSPS) is 13.2. The Morgan fingerprint density at radius 1 is 1.35 bits per heavy atom. The SMILES string of the molecule is COC(=O)C(Cl)Cc1ccccc1C(C)(C)C. The second-order valence-electron chi connectivity index (χ2n) is 5.10. The predicted molar refractivity (Wildman–Crippen MR) is 70.5 cm³/mol. The molecule has 0 heterocycles. The van der Waals surface area contributed by atoms with Crippen molar-refractivity contribution in [1.29, 1.82) is 0 Å². The minimum absolute atomic E-state index is 0.0450. The van der Waals surface area contributed by atoms with Crippen LogP contribution in [0.5, 0.6) is 0 Å². The molecule has 1 unspecified atom stereocenters. The first-order chi connectivity index (χ1) is 7.86. The van der Waals surface area contributed by atoms with E-state index in [1.807, 2.05) is 18.2 Å². The third kappa shape index (κ3) is 3.74. The average molecular weight is 255 g/mol. The van der Waals surface area contributed by atoms with Gasteiger partial charge >= 0.3 is 5.97 Å². The molecule has 0 spiro atoms. The second kappa shape index (κ2) is 5.54. The molecule has 0 saturated carbocycles. The lowest BCUT2D eigenvalue weighted by Gasteiger charge is -2.23. The summed E-state index contributed by atoms with van der Waals surface area (Å²) in [5, 5.41) is -0.622. The highest BCUT2D eigenvalue weighted by Crippen LogP contribution is 2.27. The van der Waals surface area contributed by atoms with Gasteiger partial charge in [0.1, 0.15) is 5.38 Å². The summed E-state index contributed by atoms with van der Waals surface area (Å²) >= 11 is 6.01. The minimum Gasteiger partial charge on any atom is -0.468 e. The molecule has 0 bridgehead atoms. The third-order valence-corrected chi connectivity index (χ3v) is 3.01. The van der Waals surface area contributed by atoms with E-state index in [1.54, 1.807) is 0 Å². The smallest absolute Gasteiger partial charge is 0.324 e. The van der Waals surface area contributed by atoms with Gasteiger partial charge in [0.15, 0.2) is 0 Å². The number of alkyl halides is 1. The average Bonchev–Trinajstić information content (AvgIpc) is 2.27. The first kappa shape index (κ1) is 14.0. The zero-order chi connectivity index (χ0) is 13.1. The van der Waals surface area contributed by atoms with Crippen molar-refractivity contribution in [3.05, 3.63) is 35.4 Å². The largest absolute Gasteiger partial charge is 0.468 e. The Morgan fingerprint density at radius 3 is 2.47 bits per heavy atom. The fourth-order valence-electron chi connectivity index (χ4n) is 1.83. The van der Waals surface area contributed by atoms with Crippen molar-refractivity contribution in [1.82, 2.24) is 0 Å². The standard InChI is InChI=1S/C14H19ClO2/c1-14(2,3)11-8-6-5-7-10(11)9-12(15)13(16)17-4/h5-8,12H,9H2,1-4H3. The first-order valence-corrected chi connectivity index (χ1v) is 6.10. The Morgan fingerprint density at radius 2 is 1.94 bits per heavy atom. The van der Waals surface area contributed by atoms with Gasteiger partial charge in [0.05, 0.1) is 7.11 Å². The maximum atomic E-state index is 11.3. The van der Waals surface area contributed by atoms with Crippen LogP contribution in [-0.2, 0) is 21.4 Å². The van der Waals surface area contributed by atoms with Crippen LogP contribution in [0.25, 0.3) is 0 Å². The highest BCUT2D eigenvalue weighted by Gasteiger charge is 2.22. The number of methoxy groups -OCH3 is 1. The highest BCUT2D eigenvalue weighted by molar-refractivity contribution is 6.30. The Kier molecular flexibility index (Phi) is 4.58. The third-order valence-electron chi connectivity index (χ3n) is 2.68. The van der Waals surface area contributed by atoms with Gasteiger partial charge in [0, 0.05) is 0 Å². The summed E-state index contributed by atoms with van der Waals surface area (Å²) in [6.45, 7) is 6.44. The molecule has 1 aromatic carbocycles. The Labute approximate surface area is 108 Å². The van der Waals surface area contributed by atoms with Crippen molar-refractivity contribution in [2.24, 2.45) is 0 Å². The molecule has 0 fully saturated rings. The van der Waals surface area contributed by atoms with Gasteiger partial charge in [-0.15, -0.1) is 11.6 Å². The highest BCUT2D eigenvalue weighted by atomic mass is 35.5. The summed E-state index contributed by atoms with van der Waals surface area (Å²) in [5.74, 6) is -0.379. The molecule has 0 aliphatic carbocycles. The number of hydrogen-bond donors (Lipinski definition) is 0. The molecule has 17 heavy (non-hydrogen) atoms. The van der Waals surface area contributed by atoms with Crippen LogP contribution in [0.15, 0.2) is 24.3 Å². The van der Waals surface area contributed by atoms with Crippen LogP contribution in [0.2, 0.25) is 0 Å². The van der Waals surface area contributed by atoms with Crippen molar-refractivity contribution in [2.45, 2.75) is 38.0 Å². The summed E-state index contributed by atoms with van der Waals surface area (Å²) in [5.41, 5.74) is 2.36. The number of halogens is 1. The van der Waals surface area contributed by atoms with Gasteiger partial charge in [-0.3, -0.25) is 4.79 Å². The summed E-state index contributed by atoms with van der Waals surface area (Å²) < 4.78 is 4.64. The topological polar surface area (TPSA) is 26.3 Å². The molecular weight excluding hydrogens is 236 g/mol. The van der Waals surface area contributed by atoms with Gasteiger partial charge in [-0.2, -0.15) is 0 Å². The van der Waals surface area contributed by atoms with E-state index in [9.17, 15) is 4.79 Å². The van der Waals surface area contributed by atoms with Gasteiger partial charge in [0.25, 0.3) is 0 Å². The number of esters is 1. The number of benzene rings is 1. The molecule has 0 aromatic heterocycles. The number of carbonyl (C=O) groups is 1. The Balaban J connectivity index is 2.95. The molecule has 0 N–H and O–H groups in total. The van der Waals surface area contributed by atoms with Gasteiger partial charge in [-0.25, -0.2) is 0 Å². The molecule has 3 heteroatoms. The summed E-state index contributed by atoms with van der Waals surface area (Å²) in [6, 6.07) is 8.06. The molecule has 0 aliphatic heterocycles. The Hall–Kier alpha value is -1.02. The molecule has 0 amide bonds. The molecule has 0 aliphatic rings. The van der Waals surface area contributed by atoms with Gasteiger partial charge in [-0.05, 0) is 23.0 Å². The van der Waals surface area contributed by atoms with E-state index >= 15 is 0 Å². The van der Waals surface area contributed by atoms with E-state index < -0.39 is 5.38 Å². The maximum Gasteiger partial charge on any atom is 0.324 e. The Bertz CT molecular complexity index is 393. The van der Waals surface area contributed by atoms with E-state index in [0.717, 1.165) is 5.56 Å². The number of hydrogen-bond acceptors (Lipinski definition) is 2. The molecule has 94 valence electrons. The van der Waals surface area contributed by atoms with Crippen LogP contribution in [0, 0.1) is 0 Å². The summed E-state index contributed by atoms with van der Waals surface area (Å²) in [6.07, 6.45) is 0.502. The van der Waals surface area contributed by atoms with Crippen molar-refractivity contribution in [2.75, 3.05) is 7.11 Å². The minimum atomic E-state index is -0.622. The lowest BCUT2D eigenvalue weighted by atomic mass is 9.82. The van der Waals surface area contributed by atoms with Crippen molar-refractivity contribution >= 4 is 17.6 Å². The fourth-order valence-corrected chi connectivity index (χ4v) is 2.09. The molecular formula is C14H19ClO2. The zero-order valence-corrected chi connectivity index (χ0v) is 11.5. The number of ether oxygens (including phenoxy) is 1. The molecule has 0 radical (unpaired) electrons. The lowest BCUT2D eigenvalue weighted by molar-refractivity contribution is -0.140. The second-order valence-corrected chi connectivity index (χ2v) is 5.63. The van der Waals surface area contributed by atoms with E-state index in [4.69, 9.17) is 11.6 Å². The van der Waals surface area contributed by atoms with Crippen LogP contribution < -0.4 is 0 Å². The number of rotatable bonds is 3. The van der Waals surface area contributed by atoms with Crippen LogP contribution >= 0.6 is 11.6 Å². The van der Waals surface area contributed by atoms with Crippen molar-refractivity contribution < 1.29 is 9.53 Å². The van der Waals surface area contributed by atoms with Crippen LogP contribution in [0.1, 0.15) is 31.9 Å². The van der Waals surface area contributed by atoms with Gasteiger partial charge < -0.3 is 4.74 Å². The quantitative estimate of drug-likeness (QED) is 0.611. The van der Waals surface area contributed by atoms with Crippen LogP contribution in [-0.4, -0.2) is 18.5 Å². The molecule has 1 rings (SSSR count). The molecule has 0 saturated heterocycles. The zero-order valence-electron chi connectivity index (χ0n) is 10.8. The predicted octanol–water partition coefficient (Wildman–Crippen LogP) is 3.31. The molecule has 2 nitrogen and oxygen atoms in total. The number of carbonyl (C=O) groups excluding carboxylic acids is 1. The van der Waals surface area contributed by atoms with Crippen LogP contribution in [0.3, 0.4) is 0 Å². The van der Waals surface area contributed by atoms with Gasteiger partial charge in [-0.1, -0.05) is 45.0 Å². The van der Waals surface area contributed by atoms with E-state index in [0.29, 0.717) is 6.42 Å². The first-order valence-electron chi connectivity index (χ1n) is 5.66. The molecule has 1 atom stereocenters. The molecule has 1 aromatic rings. The monoisotopic (exact) mass is 254 g/mol. The fraction of sp³-hybridized carbons (Fsp3) is 0.500. The van der Waals surface area contributed by atoms with Crippen molar-refractivity contribution in [3.63, 3.8) is 0 Å². The van der Waals surface area contributed by atoms with Crippen LogP contribution in [0.4, 0.5) is 0 Å². The van der Waals surface area contributed by atoms with Gasteiger partial charge in [0.2, 0.25) is 0 Å². The van der Waals surface area contributed by atoms with E-state index in [2.05, 4.69) is 31.6 Å². The van der Waals surface area contributed by atoms with E-state index in [-0.39, 0.29) is 11.4 Å². The maximum absolute atomic E-state index is 11.3. The van der Waals surface area contributed by atoms with Crippen molar-refractivity contribution in [3.8, 4) is 0 Å².